The van der Waals surface area contributed by atoms with E-state index >= 15 is 0 Å². The lowest BCUT2D eigenvalue weighted by atomic mass is 10.0. The molecule has 0 aliphatic carbocycles. The van der Waals surface area contributed by atoms with E-state index < -0.39 is 0 Å². The van der Waals surface area contributed by atoms with Crippen molar-refractivity contribution in [2.45, 2.75) is 38.2 Å². The van der Waals surface area contributed by atoms with E-state index in [0.29, 0.717) is 12.6 Å². The Morgan fingerprint density at radius 3 is 2.92 bits per heavy atom. The van der Waals surface area contributed by atoms with Crippen LogP contribution in [0.4, 0.5) is 0 Å². The molecule has 0 bridgehead atoms. The lowest BCUT2D eigenvalue weighted by Gasteiger charge is -2.22. The van der Waals surface area contributed by atoms with Crippen molar-refractivity contribution in [2.75, 3.05) is 26.3 Å². The van der Waals surface area contributed by atoms with Crippen LogP contribution < -0.4 is 5.32 Å². The van der Waals surface area contributed by atoms with Gasteiger partial charge in [0.2, 0.25) is 0 Å². The third-order valence-electron chi connectivity index (χ3n) is 2.44. The van der Waals surface area contributed by atoms with Crippen molar-refractivity contribution >= 4 is 0 Å². The fourth-order valence-electron chi connectivity index (χ4n) is 1.69. The third kappa shape index (κ3) is 5.24. The van der Waals surface area contributed by atoms with Gasteiger partial charge in [0, 0.05) is 13.2 Å². The summed E-state index contributed by atoms with van der Waals surface area (Å²) in [5.74, 6) is 0. The Morgan fingerprint density at radius 1 is 1.31 bits per heavy atom. The molecule has 13 heavy (non-hydrogen) atoms. The van der Waals surface area contributed by atoms with Crippen molar-refractivity contribution in [3.63, 3.8) is 0 Å². The summed E-state index contributed by atoms with van der Waals surface area (Å²) < 4.78 is 5.61. The van der Waals surface area contributed by atoms with Gasteiger partial charge in [-0.15, -0.1) is 0 Å². The first-order chi connectivity index (χ1) is 6.43. The van der Waals surface area contributed by atoms with Crippen LogP contribution in [0, 0.1) is 0 Å². The van der Waals surface area contributed by atoms with Gasteiger partial charge in [-0.3, -0.25) is 0 Å². The van der Waals surface area contributed by atoms with Crippen molar-refractivity contribution in [1.82, 2.24) is 5.32 Å². The van der Waals surface area contributed by atoms with Crippen molar-refractivity contribution in [3.05, 3.63) is 0 Å². The van der Waals surface area contributed by atoms with Crippen molar-refractivity contribution < 1.29 is 9.84 Å². The smallest absolute Gasteiger partial charge is 0.0575 e. The van der Waals surface area contributed by atoms with E-state index in [4.69, 9.17) is 9.84 Å². The Bertz CT molecular complexity index is 113. The van der Waals surface area contributed by atoms with E-state index in [2.05, 4.69) is 5.32 Å². The van der Waals surface area contributed by atoms with Crippen molar-refractivity contribution in [2.24, 2.45) is 0 Å². The van der Waals surface area contributed by atoms with E-state index in [9.17, 15) is 0 Å². The molecule has 1 aliphatic heterocycles. The molecule has 3 heteroatoms. The molecule has 0 aromatic carbocycles. The lowest BCUT2D eigenvalue weighted by Crippen LogP contribution is -2.23. The van der Waals surface area contributed by atoms with Gasteiger partial charge in [0.25, 0.3) is 0 Å². The molecule has 0 amide bonds. The second-order valence-electron chi connectivity index (χ2n) is 3.60. The number of hydrogen-bond donors (Lipinski definition) is 2. The van der Waals surface area contributed by atoms with Gasteiger partial charge in [0.1, 0.15) is 0 Å². The van der Waals surface area contributed by atoms with Crippen molar-refractivity contribution in [3.8, 4) is 0 Å². The molecular formula is C10H21NO2. The molecule has 0 aromatic heterocycles. The molecule has 0 spiro atoms. The predicted molar refractivity (Wildman–Crippen MR) is 52.8 cm³/mol. The Morgan fingerprint density at radius 2 is 2.23 bits per heavy atom. The van der Waals surface area contributed by atoms with Gasteiger partial charge in [0.15, 0.2) is 0 Å². The monoisotopic (exact) mass is 187 g/mol. The molecular weight excluding hydrogens is 166 g/mol. The average Bonchev–Trinajstić information content (AvgIpc) is 2.19. The van der Waals surface area contributed by atoms with Crippen LogP contribution >= 0.6 is 0 Å². The van der Waals surface area contributed by atoms with Crippen LogP contribution in [0.15, 0.2) is 0 Å². The first-order valence-electron chi connectivity index (χ1n) is 5.36. The summed E-state index contributed by atoms with van der Waals surface area (Å²) in [4.78, 5) is 0. The van der Waals surface area contributed by atoms with E-state index in [1.54, 1.807) is 0 Å². The molecule has 0 saturated carbocycles. The first-order valence-corrected chi connectivity index (χ1v) is 5.36. The molecule has 2 N–H and O–H groups in total. The van der Waals surface area contributed by atoms with E-state index in [1.807, 2.05) is 0 Å². The Balaban J connectivity index is 1.86. The second-order valence-corrected chi connectivity index (χ2v) is 3.60. The average molecular weight is 187 g/mol. The molecule has 1 aliphatic rings. The summed E-state index contributed by atoms with van der Waals surface area (Å²) in [6, 6.07) is 0. The summed E-state index contributed by atoms with van der Waals surface area (Å²) in [6.45, 7) is 2.90. The second kappa shape index (κ2) is 7.30. The highest BCUT2D eigenvalue weighted by Gasteiger charge is 2.12. The maximum atomic E-state index is 8.53. The molecule has 1 saturated heterocycles. The number of nitrogens with one attached hydrogen (secondary N) is 1. The van der Waals surface area contributed by atoms with Gasteiger partial charge < -0.3 is 15.2 Å². The molecule has 1 heterocycles. The van der Waals surface area contributed by atoms with Gasteiger partial charge in [-0.1, -0.05) is 0 Å². The SMILES string of the molecule is OCCNCCCC1CCCCO1. The minimum Gasteiger partial charge on any atom is -0.395 e. The zero-order chi connectivity index (χ0) is 9.36. The lowest BCUT2D eigenvalue weighted by molar-refractivity contribution is 0.0102. The van der Waals surface area contributed by atoms with E-state index in [0.717, 1.165) is 19.6 Å². The number of hydrogen-bond acceptors (Lipinski definition) is 3. The molecule has 1 unspecified atom stereocenters. The number of ether oxygens (including phenoxy) is 1. The molecule has 0 radical (unpaired) electrons. The maximum Gasteiger partial charge on any atom is 0.0575 e. The minimum atomic E-state index is 0.236. The standard InChI is InChI=1S/C10H21NO2/c12-8-7-11-6-3-5-10-4-1-2-9-13-10/h10-12H,1-9H2. The Hall–Kier alpha value is -0.120. The summed E-state index contributed by atoms with van der Waals surface area (Å²) >= 11 is 0. The van der Waals surface area contributed by atoms with Gasteiger partial charge in [0.05, 0.1) is 12.7 Å². The number of aliphatic hydroxyl groups is 1. The van der Waals surface area contributed by atoms with Crippen LogP contribution in [0.2, 0.25) is 0 Å². The molecule has 1 rings (SSSR count). The highest BCUT2D eigenvalue weighted by molar-refractivity contribution is 4.64. The zero-order valence-electron chi connectivity index (χ0n) is 8.30. The highest BCUT2D eigenvalue weighted by atomic mass is 16.5. The van der Waals surface area contributed by atoms with E-state index in [1.165, 1.54) is 25.7 Å². The van der Waals surface area contributed by atoms with Crippen molar-refractivity contribution in [1.29, 1.82) is 0 Å². The molecule has 1 atom stereocenters. The molecule has 1 fully saturated rings. The van der Waals surface area contributed by atoms with Crippen LogP contribution in [0.5, 0.6) is 0 Å². The summed E-state index contributed by atoms with van der Waals surface area (Å²) in [6.07, 6.45) is 6.63. The number of rotatable bonds is 6. The van der Waals surface area contributed by atoms with Crippen LogP contribution in [-0.4, -0.2) is 37.5 Å². The fraction of sp³-hybridized carbons (Fsp3) is 1.00. The summed E-state index contributed by atoms with van der Waals surface area (Å²) in [5, 5.41) is 11.7. The predicted octanol–water partition coefficient (Wildman–Crippen LogP) is 0.918. The Kier molecular flexibility index (Phi) is 6.15. The first kappa shape index (κ1) is 11.0. The van der Waals surface area contributed by atoms with E-state index in [-0.39, 0.29) is 6.61 Å². The van der Waals surface area contributed by atoms with Gasteiger partial charge in [-0.2, -0.15) is 0 Å². The topological polar surface area (TPSA) is 41.5 Å². The van der Waals surface area contributed by atoms with Crippen LogP contribution in [0.1, 0.15) is 32.1 Å². The van der Waals surface area contributed by atoms with Crippen LogP contribution in [0.3, 0.4) is 0 Å². The van der Waals surface area contributed by atoms with Gasteiger partial charge in [-0.25, -0.2) is 0 Å². The van der Waals surface area contributed by atoms with Gasteiger partial charge in [-0.05, 0) is 38.6 Å². The third-order valence-corrected chi connectivity index (χ3v) is 2.44. The molecule has 0 aromatic rings. The summed E-state index contributed by atoms with van der Waals surface area (Å²) in [5.41, 5.74) is 0. The fourth-order valence-corrected chi connectivity index (χ4v) is 1.69. The largest absolute Gasteiger partial charge is 0.395 e. The van der Waals surface area contributed by atoms with Gasteiger partial charge >= 0.3 is 0 Å². The number of aliphatic hydroxyl groups excluding tert-OH is 1. The highest BCUT2D eigenvalue weighted by Crippen LogP contribution is 2.16. The van der Waals surface area contributed by atoms with Crippen LogP contribution in [0.25, 0.3) is 0 Å². The normalized spacial score (nSPS) is 23.3. The van der Waals surface area contributed by atoms with Crippen LogP contribution in [-0.2, 0) is 4.74 Å². The quantitative estimate of drug-likeness (QED) is 0.607. The molecule has 78 valence electrons. The molecule has 3 nitrogen and oxygen atoms in total. The zero-order valence-corrected chi connectivity index (χ0v) is 8.30. The summed E-state index contributed by atoms with van der Waals surface area (Å²) in [7, 11) is 0. The Labute approximate surface area is 80.5 Å². The minimum absolute atomic E-state index is 0.236. The maximum absolute atomic E-state index is 8.53.